The first-order valence-electron chi connectivity index (χ1n) is 10.1. The Labute approximate surface area is 165 Å². The van der Waals surface area contributed by atoms with Gasteiger partial charge in [0.25, 0.3) is 5.91 Å². The maximum atomic E-state index is 12.8. The number of hydrogen-bond acceptors (Lipinski definition) is 6. The Morgan fingerprint density at radius 1 is 1.21 bits per heavy atom. The van der Waals surface area contributed by atoms with E-state index in [1.54, 1.807) is 7.11 Å². The molecule has 1 atom stereocenters. The smallest absolute Gasteiger partial charge is 0.253 e. The zero-order valence-electron chi connectivity index (χ0n) is 16.3. The Morgan fingerprint density at radius 3 is 2.75 bits per heavy atom. The van der Waals surface area contributed by atoms with Crippen LogP contribution in [-0.2, 0) is 11.2 Å². The van der Waals surface area contributed by atoms with Gasteiger partial charge in [-0.1, -0.05) is 5.16 Å². The van der Waals surface area contributed by atoms with Gasteiger partial charge in [-0.15, -0.1) is 0 Å². The predicted molar refractivity (Wildman–Crippen MR) is 102 cm³/mol. The number of carbonyl (C=O) groups excluding carboxylic acids is 1. The van der Waals surface area contributed by atoms with Gasteiger partial charge in [-0.25, -0.2) is 0 Å². The molecule has 2 fully saturated rings. The second kappa shape index (κ2) is 8.73. The first-order valence-corrected chi connectivity index (χ1v) is 10.1. The molecule has 0 radical (unpaired) electrons. The number of carbonyl (C=O) groups is 1. The fourth-order valence-corrected chi connectivity index (χ4v) is 4.05. The number of methoxy groups -OCH3 is 1. The standard InChI is InChI=1S/C21H27N3O4/c1-26-18-6-4-17(5-7-18)21(25)24-10-2-3-15(14-24)13-19-22-20(23-28-19)16-8-11-27-12-9-16/h4-7,15-16H,2-3,8-14H2,1H3. The van der Waals surface area contributed by atoms with Gasteiger partial charge in [-0.3, -0.25) is 4.79 Å². The van der Waals surface area contributed by atoms with Gasteiger partial charge >= 0.3 is 0 Å². The Hall–Kier alpha value is -2.41. The van der Waals surface area contributed by atoms with Crippen LogP contribution in [0.25, 0.3) is 0 Å². The van der Waals surface area contributed by atoms with Crippen molar-refractivity contribution in [3.05, 3.63) is 41.5 Å². The number of ether oxygens (including phenoxy) is 2. The van der Waals surface area contributed by atoms with Crippen LogP contribution in [-0.4, -0.2) is 54.4 Å². The molecule has 7 heteroatoms. The second-order valence-corrected chi connectivity index (χ2v) is 7.63. The summed E-state index contributed by atoms with van der Waals surface area (Å²) in [5.74, 6) is 3.00. The molecule has 7 nitrogen and oxygen atoms in total. The molecule has 1 amide bonds. The van der Waals surface area contributed by atoms with Gasteiger partial charge < -0.3 is 18.9 Å². The van der Waals surface area contributed by atoms with Gasteiger partial charge in [0.05, 0.1) is 7.11 Å². The number of nitrogens with zero attached hydrogens (tertiary/aromatic N) is 3. The first kappa shape index (κ1) is 18.9. The number of benzene rings is 1. The largest absolute Gasteiger partial charge is 0.497 e. The van der Waals surface area contributed by atoms with Crippen LogP contribution in [0.4, 0.5) is 0 Å². The van der Waals surface area contributed by atoms with E-state index in [1.807, 2.05) is 29.2 Å². The maximum absolute atomic E-state index is 12.8. The number of hydrogen-bond donors (Lipinski definition) is 0. The lowest BCUT2D eigenvalue weighted by molar-refractivity contribution is 0.0668. The van der Waals surface area contributed by atoms with Crippen molar-refractivity contribution in [1.82, 2.24) is 15.0 Å². The van der Waals surface area contributed by atoms with Gasteiger partial charge in [0, 0.05) is 44.2 Å². The fraction of sp³-hybridized carbons (Fsp3) is 0.571. The molecule has 0 saturated carbocycles. The topological polar surface area (TPSA) is 77.7 Å². The molecule has 0 bridgehead atoms. The number of amides is 1. The van der Waals surface area contributed by atoms with Gasteiger partial charge in [0.2, 0.25) is 5.89 Å². The number of piperidine rings is 1. The van der Waals surface area contributed by atoms with Gasteiger partial charge in [-0.2, -0.15) is 4.98 Å². The van der Waals surface area contributed by atoms with Gasteiger partial charge in [0.1, 0.15) is 5.75 Å². The fourth-order valence-electron chi connectivity index (χ4n) is 4.05. The number of likely N-dealkylation sites (tertiary alicyclic amines) is 1. The van der Waals surface area contributed by atoms with E-state index in [0.717, 1.165) is 70.0 Å². The quantitative estimate of drug-likeness (QED) is 0.787. The van der Waals surface area contributed by atoms with Crippen molar-refractivity contribution in [2.24, 2.45) is 5.92 Å². The molecular weight excluding hydrogens is 358 g/mol. The van der Waals surface area contributed by atoms with E-state index in [1.165, 1.54) is 0 Å². The van der Waals surface area contributed by atoms with Crippen LogP contribution in [0.15, 0.2) is 28.8 Å². The van der Waals surface area contributed by atoms with E-state index in [4.69, 9.17) is 14.0 Å². The Kier molecular flexibility index (Phi) is 5.90. The molecule has 3 heterocycles. The minimum atomic E-state index is 0.0702. The van der Waals surface area contributed by atoms with E-state index in [-0.39, 0.29) is 5.91 Å². The summed E-state index contributed by atoms with van der Waals surface area (Å²) in [5.41, 5.74) is 0.695. The molecule has 2 aliphatic rings. The minimum absolute atomic E-state index is 0.0702. The highest BCUT2D eigenvalue weighted by atomic mass is 16.5. The van der Waals surface area contributed by atoms with E-state index in [2.05, 4.69) is 10.1 Å². The molecule has 2 aromatic rings. The number of aromatic nitrogens is 2. The van der Waals surface area contributed by atoms with Crippen molar-refractivity contribution in [2.75, 3.05) is 33.4 Å². The van der Waals surface area contributed by atoms with E-state index in [9.17, 15) is 4.79 Å². The zero-order chi connectivity index (χ0) is 19.3. The zero-order valence-corrected chi connectivity index (χ0v) is 16.3. The summed E-state index contributed by atoms with van der Waals surface area (Å²) in [6.45, 7) is 3.04. The van der Waals surface area contributed by atoms with Crippen molar-refractivity contribution >= 4 is 5.91 Å². The SMILES string of the molecule is COc1ccc(C(=O)N2CCCC(Cc3nc(C4CCOCC4)no3)C2)cc1. The first-order chi connectivity index (χ1) is 13.7. The van der Waals surface area contributed by atoms with Crippen LogP contribution in [0.1, 0.15) is 53.7 Å². The summed E-state index contributed by atoms with van der Waals surface area (Å²) < 4.78 is 16.1. The third-order valence-electron chi connectivity index (χ3n) is 5.68. The molecule has 0 N–H and O–H groups in total. The third kappa shape index (κ3) is 4.35. The van der Waals surface area contributed by atoms with Gasteiger partial charge in [-0.05, 0) is 55.9 Å². The summed E-state index contributed by atoms with van der Waals surface area (Å²) in [6, 6.07) is 7.29. The Morgan fingerprint density at radius 2 is 2.00 bits per heavy atom. The summed E-state index contributed by atoms with van der Waals surface area (Å²) in [7, 11) is 1.62. The van der Waals surface area contributed by atoms with Crippen molar-refractivity contribution in [3.8, 4) is 5.75 Å². The van der Waals surface area contributed by atoms with Crippen molar-refractivity contribution in [2.45, 2.75) is 38.0 Å². The van der Waals surface area contributed by atoms with Gasteiger partial charge in [0.15, 0.2) is 5.82 Å². The molecule has 0 aliphatic carbocycles. The van der Waals surface area contributed by atoms with E-state index in [0.29, 0.717) is 23.3 Å². The summed E-state index contributed by atoms with van der Waals surface area (Å²) in [6.07, 6.45) is 4.69. The maximum Gasteiger partial charge on any atom is 0.253 e. The van der Waals surface area contributed by atoms with Crippen LogP contribution in [0, 0.1) is 5.92 Å². The summed E-state index contributed by atoms with van der Waals surface area (Å²) in [5, 5.41) is 4.19. The summed E-state index contributed by atoms with van der Waals surface area (Å²) in [4.78, 5) is 19.4. The molecule has 150 valence electrons. The Bertz CT molecular complexity index is 783. The molecule has 1 aromatic heterocycles. The predicted octanol–water partition coefficient (Wildman–Crippen LogP) is 3.07. The van der Waals surface area contributed by atoms with Crippen LogP contribution in [0.3, 0.4) is 0 Å². The average Bonchev–Trinajstić information content (AvgIpc) is 3.22. The second-order valence-electron chi connectivity index (χ2n) is 7.63. The van der Waals surface area contributed by atoms with Crippen LogP contribution in [0.5, 0.6) is 5.75 Å². The normalized spacial score (nSPS) is 20.9. The van der Waals surface area contributed by atoms with Crippen molar-refractivity contribution in [3.63, 3.8) is 0 Å². The van der Waals surface area contributed by atoms with E-state index < -0.39 is 0 Å². The molecule has 1 aromatic carbocycles. The molecule has 1 unspecified atom stereocenters. The molecule has 2 saturated heterocycles. The average molecular weight is 385 g/mol. The highest BCUT2D eigenvalue weighted by Gasteiger charge is 2.27. The van der Waals surface area contributed by atoms with E-state index >= 15 is 0 Å². The molecular formula is C21H27N3O4. The lowest BCUT2D eigenvalue weighted by Crippen LogP contribution is -2.40. The minimum Gasteiger partial charge on any atom is -0.497 e. The highest BCUT2D eigenvalue weighted by Crippen LogP contribution is 2.26. The van der Waals surface area contributed by atoms with Crippen LogP contribution < -0.4 is 4.74 Å². The third-order valence-corrected chi connectivity index (χ3v) is 5.68. The van der Waals surface area contributed by atoms with Crippen molar-refractivity contribution < 1.29 is 18.8 Å². The lowest BCUT2D eigenvalue weighted by Gasteiger charge is -2.32. The molecule has 28 heavy (non-hydrogen) atoms. The Balaban J connectivity index is 1.35. The molecule has 0 spiro atoms. The summed E-state index contributed by atoms with van der Waals surface area (Å²) >= 11 is 0. The number of rotatable bonds is 5. The van der Waals surface area contributed by atoms with Crippen LogP contribution in [0.2, 0.25) is 0 Å². The lowest BCUT2D eigenvalue weighted by atomic mass is 9.94. The van der Waals surface area contributed by atoms with Crippen LogP contribution >= 0.6 is 0 Å². The monoisotopic (exact) mass is 385 g/mol. The van der Waals surface area contributed by atoms with Crippen molar-refractivity contribution in [1.29, 1.82) is 0 Å². The molecule has 2 aliphatic heterocycles. The molecule has 4 rings (SSSR count). The highest BCUT2D eigenvalue weighted by molar-refractivity contribution is 5.94.